The van der Waals surface area contributed by atoms with Gasteiger partial charge in [0.25, 0.3) is 0 Å². The Morgan fingerprint density at radius 3 is 2.00 bits per heavy atom. The van der Waals surface area contributed by atoms with Gasteiger partial charge in [0.05, 0.1) is 0 Å². The second kappa shape index (κ2) is 9.33. The minimum Gasteiger partial charge on any atom is -1.00 e. The van der Waals surface area contributed by atoms with Crippen LogP contribution in [0.15, 0.2) is 6.20 Å². The Bertz CT molecular complexity index is 47.6. The monoisotopic (exact) mass is 93.0 g/mol. The number of hydrogen-bond acceptors (Lipinski definition) is 1. The van der Waals surface area contributed by atoms with E-state index in [1.165, 1.54) is 5.94 Å². The minimum atomic E-state index is 0. The van der Waals surface area contributed by atoms with E-state index in [1.807, 2.05) is 0 Å². The van der Waals surface area contributed by atoms with E-state index in [4.69, 9.17) is 4.79 Å². The maximum atomic E-state index is 8.93. The van der Waals surface area contributed by atoms with E-state index in [0.717, 1.165) is 6.20 Å². The molecule has 0 radical (unpaired) electrons. The van der Waals surface area contributed by atoms with Gasteiger partial charge < -0.3 is 18.1 Å². The van der Waals surface area contributed by atoms with E-state index < -0.39 is 0 Å². The average Bonchev–Trinajstić information content (AvgIpc) is 1.37. The van der Waals surface area contributed by atoms with Crippen LogP contribution in [0, 0.1) is 0 Å². The van der Waals surface area contributed by atoms with Crippen molar-refractivity contribution in [3.63, 3.8) is 0 Å². The molecular formula is C2H4ClNO. The number of carbonyl (C=O) groups excluding carboxylic acids is 1. The maximum Gasteiger partial charge on any atom is 0.183 e. The predicted octanol–water partition coefficient (Wildman–Crippen LogP) is -4.42. The van der Waals surface area contributed by atoms with E-state index in [1.54, 1.807) is 0 Å². The van der Waals surface area contributed by atoms with Gasteiger partial charge in [-0.1, -0.05) is 0 Å². The normalized spacial score (nSPS) is 3.40. The Kier molecular flexibility index (Phi) is 16.5. The summed E-state index contributed by atoms with van der Waals surface area (Å²) in [5.74, 6) is 1.44. The summed E-state index contributed by atoms with van der Waals surface area (Å²) < 4.78 is 0. The zero-order chi connectivity index (χ0) is 3.41. The molecule has 0 aliphatic carbocycles. The van der Waals surface area contributed by atoms with Crippen molar-refractivity contribution in [3.8, 4) is 0 Å². The first-order valence-electron chi connectivity index (χ1n) is 0.901. The molecule has 0 amide bonds. The second-order valence-electron chi connectivity index (χ2n) is 0.322. The molecule has 5 heavy (non-hydrogen) atoms. The van der Waals surface area contributed by atoms with Crippen molar-refractivity contribution < 1.29 is 22.9 Å². The number of rotatable bonds is 0. The minimum absolute atomic E-state index is 0. The van der Waals surface area contributed by atoms with Gasteiger partial charge in [-0.15, -0.1) is 0 Å². The van der Waals surface area contributed by atoms with Gasteiger partial charge >= 0.3 is 0 Å². The van der Waals surface area contributed by atoms with Crippen LogP contribution in [0.5, 0.6) is 0 Å². The molecule has 0 aliphatic heterocycles. The Hall–Kier alpha value is -0.300. The van der Waals surface area contributed by atoms with Crippen LogP contribution in [0.25, 0.3) is 0 Å². The first-order chi connectivity index (χ1) is 1.91. The van der Waals surface area contributed by atoms with Crippen molar-refractivity contribution >= 4 is 5.94 Å². The van der Waals surface area contributed by atoms with Crippen LogP contribution in [0.2, 0.25) is 0 Å². The molecular weight excluding hydrogens is 89.5 g/mol. The first-order valence-corrected chi connectivity index (χ1v) is 0.901. The molecule has 0 aromatic heterocycles. The van der Waals surface area contributed by atoms with Crippen molar-refractivity contribution in [1.82, 2.24) is 0 Å². The highest BCUT2D eigenvalue weighted by atomic mass is 35.5. The van der Waals surface area contributed by atoms with Gasteiger partial charge in [0.1, 0.15) is 0 Å². The zero-order valence-electron chi connectivity index (χ0n) is 2.57. The summed E-state index contributed by atoms with van der Waals surface area (Å²) >= 11 is 0. The van der Waals surface area contributed by atoms with Crippen LogP contribution in [-0.4, -0.2) is 5.94 Å². The average molecular weight is 93.5 g/mol. The molecule has 0 unspecified atom stereocenters. The van der Waals surface area contributed by atoms with E-state index in [2.05, 4.69) is 5.73 Å². The molecule has 0 saturated heterocycles. The molecule has 3 N–H and O–H groups in total. The van der Waals surface area contributed by atoms with Crippen LogP contribution < -0.4 is 18.1 Å². The van der Waals surface area contributed by atoms with Crippen LogP contribution in [0.4, 0.5) is 0 Å². The summed E-state index contributed by atoms with van der Waals surface area (Å²) in [5, 5.41) is 0. The van der Waals surface area contributed by atoms with Gasteiger partial charge in [-0.3, -0.25) is 0 Å². The van der Waals surface area contributed by atoms with Gasteiger partial charge in [0.2, 0.25) is 0 Å². The summed E-state index contributed by atoms with van der Waals surface area (Å²) in [6.07, 6.45) is 1.07. The molecule has 0 aromatic carbocycles. The third-order valence-corrected chi connectivity index (χ3v) is 0.0833. The molecule has 0 aliphatic rings. The fraction of sp³-hybridized carbons (Fsp3) is 0. The van der Waals surface area contributed by atoms with Crippen molar-refractivity contribution in [3.05, 3.63) is 6.20 Å². The van der Waals surface area contributed by atoms with Crippen LogP contribution in [-0.2, 0) is 4.79 Å². The fourth-order valence-corrected chi connectivity index (χ4v) is 0. The highest BCUT2D eigenvalue weighted by Crippen LogP contribution is 1.05. The van der Waals surface area contributed by atoms with Crippen LogP contribution in [0.1, 0.15) is 0 Å². The lowest BCUT2D eigenvalue weighted by Crippen LogP contribution is -3.00. The highest BCUT2D eigenvalue weighted by molar-refractivity contribution is 5.41. The highest BCUT2D eigenvalue weighted by Gasteiger charge is 1.36. The second-order valence-corrected chi connectivity index (χ2v) is 0.322. The standard InChI is InChI=1S/C2H3NO.ClH/c3-1-2-4;/h1H,3H2;1H. The Balaban J connectivity index is 0. The van der Waals surface area contributed by atoms with Gasteiger partial charge in [-0.05, 0) is 0 Å². The quantitative estimate of drug-likeness (QED) is 0.302. The zero-order valence-corrected chi connectivity index (χ0v) is 3.33. The van der Waals surface area contributed by atoms with Crippen molar-refractivity contribution in [1.29, 1.82) is 0 Å². The maximum absolute atomic E-state index is 8.93. The molecule has 0 aromatic rings. The van der Waals surface area contributed by atoms with Crippen LogP contribution >= 0.6 is 0 Å². The number of halogens is 1. The fourth-order valence-electron chi connectivity index (χ4n) is 0. The van der Waals surface area contributed by atoms with Gasteiger partial charge in [0.15, 0.2) is 12.1 Å². The summed E-state index contributed by atoms with van der Waals surface area (Å²) in [5.41, 5.74) is 3.06. The third kappa shape index (κ3) is 21.8. The summed E-state index contributed by atoms with van der Waals surface area (Å²) in [4.78, 5) is 8.93. The molecule has 0 atom stereocenters. The molecule has 0 spiro atoms. The van der Waals surface area contributed by atoms with Crippen molar-refractivity contribution in [2.45, 2.75) is 0 Å². The molecule has 0 saturated carbocycles. The Morgan fingerprint density at radius 1 is 1.80 bits per heavy atom. The van der Waals surface area contributed by atoms with E-state index in [0.29, 0.717) is 0 Å². The van der Waals surface area contributed by atoms with Crippen molar-refractivity contribution in [2.24, 2.45) is 0 Å². The molecule has 30 valence electrons. The SMILES string of the molecule is [Cl-].[NH3+]C=C=O. The van der Waals surface area contributed by atoms with Gasteiger partial charge in [0, 0.05) is 0 Å². The summed E-state index contributed by atoms with van der Waals surface area (Å²) in [6.45, 7) is 0. The molecule has 2 nitrogen and oxygen atoms in total. The first kappa shape index (κ1) is 8.83. The lowest BCUT2D eigenvalue weighted by molar-refractivity contribution is -0.272. The van der Waals surface area contributed by atoms with Crippen LogP contribution in [0.3, 0.4) is 0 Å². The molecule has 0 heterocycles. The van der Waals surface area contributed by atoms with E-state index in [-0.39, 0.29) is 12.4 Å². The lowest BCUT2D eigenvalue weighted by Gasteiger charge is -1.31. The van der Waals surface area contributed by atoms with E-state index >= 15 is 0 Å². The summed E-state index contributed by atoms with van der Waals surface area (Å²) in [7, 11) is 0. The molecule has 0 fully saturated rings. The molecule has 0 rings (SSSR count). The lowest BCUT2D eigenvalue weighted by atomic mass is 11.1. The topological polar surface area (TPSA) is 44.7 Å². The number of quaternary nitrogens is 1. The summed E-state index contributed by atoms with van der Waals surface area (Å²) in [6, 6.07) is 0. The largest absolute Gasteiger partial charge is 1.00 e. The van der Waals surface area contributed by atoms with Crippen molar-refractivity contribution in [2.75, 3.05) is 0 Å². The predicted molar refractivity (Wildman–Crippen MR) is 13.2 cm³/mol. The smallest absolute Gasteiger partial charge is 0.183 e. The van der Waals surface area contributed by atoms with Gasteiger partial charge in [-0.2, -0.15) is 0 Å². The third-order valence-electron chi connectivity index (χ3n) is 0.0833. The molecule has 0 bridgehead atoms. The molecule has 3 heteroatoms. The number of hydrogen-bond donors (Lipinski definition) is 1. The van der Waals surface area contributed by atoms with E-state index in [9.17, 15) is 0 Å². The van der Waals surface area contributed by atoms with Gasteiger partial charge in [-0.25, -0.2) is 4.79 Å². The Labute approximate surface area is 36.1 Å². The Morgan fingerprint density at radius 2 is 2.00 bits per heavy atom.